The van der Waals surface area contributed by atoms with E-state index in [1.54, 1.807) is 18.2 Å². The van der Waals surface area contributed by atoms with Gasteiger partial charge in [0, 0.05) is 12.2 Å². The quantitative estimate of drug-likeness (QED) is 0.778. The molecule has 22 heavy (non-hydrogen) atoms. The molecule has 0 aliphatic heterocycles. The molecule has 2 amide bonds. The molecule has 0 fully saturated rings. The first-order chi connectivity index (χ1) is 10.2. The molecular weight excluding hydrogens is 302 g/mol. The van der Waals surface area contributed by atoms with Crippen LogP contribution in [0.15, 0.2) is 18.2 Å². The molecule has 0 saturated heterocycles. The zero-order chi connectivity index (χ0) is 16.9. The number of nitrogens with two attached hydrogens (primary N) is 1. The van der Waals surface area contributed by atoms with Crippen molar-refractivity contribution in [2.24, 2.45) is 11.1 Å². The summed E-state index contributed by atoms with van der Waals surface area (Å²) in [5.74, 6) is -0.511. The third-order valence-electron chi connectivity index (χ3n) is 3.23. The maximum atomic E-state index is 12.1. The Morgan fingerprint density at radius 3 is 2.45 bits per heavy atom. The van der Waals surface area contributed by atoms with Crippen LogP contribution in [-0.4, -0.2) is 24.4 Å². The van der Waals surface area contributed by atoms with Gasteiger partial charge >= 0.3 is 0 Å². The third-order valence-corrected chi connectivity index (χ3v) is 3.54. The Labute approximate surface area is 136 Å². The van der Waals surface area contributed by atoms with Crippen molar-refractivity contribution in [1.29, 1.82) is 0 Å². The molecule has 0 bridgehead atoms. The molecule has 0 saturated carbocycles. The topological polar surface area (TPSA) is 84.2 Å². The number of hydrogen-bond donors (Lipinski definition) is 3. The predicted octanol–water partition coefficient (Wildman–Crippen LogP) is 2.79. The molecule has 4 N–H and O–H groups in total. The number of rotatable bonds is 5. The molecule has 0 heterocycles. The molecule has 0 aliphatic carbocycles. The van der Waals surface area contributed by atoms with Crippen LogP contribution in [0, 0.1) is 5.41 Å². The van der Waals surface area contributed by atoms with Gasteiger partial charge in [0.25, 0.3) is 5.91 Å². The highest BCUT2D eigenvalue weighted by atomic mass is 35.5. The van der Waals surface area contributed by atoms with E-state index in [1.807, 2.05) is 27.7 Å². The summed E-state index contributed by atoms with van der Waals surface area (Å²) in [7, 11) is 0. The number of carbonyl (C=O) groups is 2. The highest BCUT2D eigenvalue weighted by Crippen LogP contribution is 2.23. The van der Waals surface area contributed by atoms with Gasteiger partial charge in [0.1, 0.15) is 0 Å². The molecule has 0 unspecified atom stereocenters. The lowest BCUT2D eigenvalue weighted by molar-refractivity contribution is -0.119. The van der Waals surface area contributed by atoms with Crippen LogP contribution < -0.4 is 16.4 Å². The molecule has 122 valence electrons. The van der Waals surface area contributed by atoms with Crippen molar-refractivity contribution < 1.29 is 9.59 Å². The van der Waals surface area contributed by atoms with Crippen LogP contribution >= 0.6 is 11.6 Å². The van der Waals surface area contributed by atoms with Gasteiger partial charge in [-0.15, -0.1) is 0 Å². The predicted molar refractivity (Wildman–Crippen MR) is 90.1 cm³/mol. The van der Waals surface area contributed by atoms with Crippen molar-refractivity contribution in [3.8, 4) is 0 Å². The average molecular weight is 326 g/mol. The van der Waals surface area contributed by atoms with Crippen LogP contribution in [0.2, 0.25) is 5.02 Å². The monoisotopic (exact) mass is 325 g/mol. The van der Waals surface area contributed by atoms with Crippen LogP contribution in [0.5, 0.6) is 0 Å². The molecule has 0 radical (unpaired) electrons. The Bertz CT molecular complexity index is 553. The van der Waals surface area contributed by atoms with E-state index >= 15 is 0 Å². The largest absolute Gasteiger partial charge is 0.352 e. The van der Waals surface area contributed by atoms with Gasteiger partial charge in [-0.2, -0.15) is 0 Å². The number of nitrogens with one attached hydrogen (secondary N) is 2. The Kier molecular flexibility index (Phi) is 6.38. The molecule has 0 aromatic heterocycles. The maximum Gasteiger partial charge on any atom is 0.252 e. The third kappa shape index (κ3) is 5.00. The second-order valence-electron chi connectivity index (χ2n) is 6.28. The summed E-state index contributed by atoms with van der Waals surface area (Å²) in [6, 6.07) is 4.14. The molecule has 1 atom stereocenters. The van der Waals surface area contributed by atoms with E-state index in [-0.39, 0.29) is 22.3 Å². The summed E-state index contributed by atoms with van der Waals surface area (Å²) in [6.07, 6.45) is 0.849. The van der Waals surface area contributed by atoms with Crippen molar-refractivity contribution in [3.05, 3.63) is 28.8 Å². The Morgan fingerprint density at radius 1 is 1.32 bits per heavy atom. The van der Waals surface area contributed by atoms with E-state index in [2.05, 4.69) is 10.6 Å². The summed E-state index contributed by atoms with van der Waals surface area (Å²) in [5.41, 5.74) is 6.46. The van der Waals surface area contributed by atoms with Crippen molar-refractivity contribution in [3.63, 3.8) is 0 Å². The molecule has 6 heteroatoms. The zero-order valence-corrected chi connectivity index (χ0v) is 14.3. The Hall–Kier alpha value is -1.59. The zero-order valence-electron chi connectivity index (χ0n) is 13.5. The molecule has 1 rings (SSSR count). The summed E-state index contributed by atoms with van der Waals surface area (Å²) in [5, 5.41) is 5.76. The fourth-order valence-corrected chi connectivity index (χ4v) is 1.99. The lowest BCUT2D eigenvalue weighted by atomic mass is 9.87. The molecular formula is C16H24ClN3O2. The van der Waals surface area contributed by atoms with Gasteiger partial charge in [-0.3, -0.25) is 9.59 Å². The van der Waals surface area contributed by atoms with Crippen molar-refractivity contribution >= 4 is 29.1 Å². The van der Waals surface area contributed by atoms with Gasteiger partial charge in [-0.25, -0.2) is 0 Å². The van der Waals surface area contributed by atoms with Crippen LogP contribution in [-0.2, 0) is 4.79 Å². The SMILES string of the molecule is CCCNC(=O)c1ccc(NC(=O)[C@@H](N)C(C)(C)C)cc1Cl. The first kappa shape index (κ1) is 18.5. The number of carbonyl (C=O) groups excluding carboxylic acids is 2. The fourth-order valence-electron chi connectivity index (χ4n) is 1.72. The van der Waals surface area contributed by atoms with Gasteiger partial charge in [0.15, 0.2) is 0 Å². The average Bonchev–Trinajstić information content (AvgIpc) is 2.43. The number of hydrogen-bond acceptors (Lipinski definition) is 3. The normalized spacial score (nSPS) is 12.6. The summed E-state index contributed by atoms with van der Waals surface area (Å²) in [4.78, 5) is 24.0. The lowest BCUT2D eigenvalue weighted by Crippen LogP contribution is -2.45. The second kappa shape index (κ2) is 7.61. The standard InChI is InChI=1S/C16H24ClN3O2/c1-5-8-19-14(21)11-7-6-10(9-12(11)17)20-15(22)13(18)16(2,3)4/h6-7,9,13H,5,8,18H2,1-4H3,(H,19,21)(H,20,22)/t13-/m1/s1. The van der Waals surface area contributed by atoms with Crippen molar-refractivity contribution in [2.45, 2.75) is 40.2 Å². The molecule has 5 nitrogen and oxygen atoms in total. The van der Waals surface area contributed by atoms with Crippen molar-refractivity contribution in [2.75, 3.05) is 11.9 Å². The van der Waals surface area contributed by atoms with E-state index in [0.29, 0.717) is 17.8 Å². The Balaban J connectivity index is 2.82. The van der Waals surface area contributed by atoms with Crippen LogP contribution in [0.25, 0.3) is 0 Å². The fraction of sp³-hybridized carbons (Fsp3) is 0.500. The molecule has 1 aromatic rings. The summed E-state index contributed by atoms with van der Waals surface area (Å²) < 4.78 is 0. The highest BCUT2D eigenvalue weighted by molar-refractivity contribution is 6.34. The van der Waals surface area contributed by atoms with E-state index in [4.69, 9.17) is 17.3 Å². The van der Waals surface area contributed by atoms with E-state index in [0.717, 1.165) is 6.42 Å². The van der Waals surface area contributed by atoms with Gasteiger partial charge < -0.3 is 16.4 Å². The highest BCUT2D eigenvalue weighted by Gasteiger charge is 2.27. The summed E-state index contributed by atoms with van der Waals surface area (Å²) >= 11 is 6.11. The molecule has 1 aromatic carbocycles. The molecule has 0 aliphatic rings. The second-order valence-corrected chi connectivity index (χ2v) is 6.69. The van der Waals surface area contributed by atoms with E-state index < -0.39 is 6.04 Å². The van der Waals surface area contributed by atoms with Gasteiger partial charge in [0.05, 0.1) is 16.6 Å². The number of anilines is 1. The van der Waals surface area contributed by atoms with Gasteiger partial charge in [0.2, 0.25) is 5.91 Å². The minimum absolute atomic E-state index is 0.226. The van der Waals surface area contributed by atoms with E-state index in [1.165, 1.54) is 0 Å². The smallest absolute Gasteiger partial charge is 0.252 e. The first-order valence-electron chi connectivity index (χ1n) is 7.31. The van der Waals surface area contributed by atoms with Crippen LogP contribution in [0.3, 0.4) is 0 Å². The number of amides is 2. The van der Waals surface area contributed by atoms with Crippen molar-refractivity contribution in [1.82, 2.24) is 5.32 Å². The summed E-state index contributed by atoms with van der Waals surface area (Å²) in [6.45, 7) is 8.25. The van der Waals surface area contributed by atoms with Gasteiger partial charge in [-0.05, 0) is 30.0 Å². The minimum atomic E-state index is -0.640. The Morgan fingerprint density at radius 2 is 1.95 bits per heavy atom. The number of benzene rings is 1. The number of halogens is 1. The molecule has 0 spiro atoms. The van der Waals surface area contributed by atoms with E-state index in [9.17, 15) is 9.59 Å². The van der Waals surface area contributed by atoms with Crippen LogP contribution in [0.1, 0.15) is 44.5 Å². The first-order valence-corrected chi connectivity index (χ1v) is 7.68. The van der Waals surface area contributed by atoms with Gasteiger partial charge in [-0.1, -0.05) is 39.3 Å². The lowest BCUT2D eigenvalue weighted by Gasteiger charge is -2.25. The minimum Gasteiger partial charge on any atom is -0.352 e. The van der Waals surface area contributed by atoms with Crippen LogP contribution in [0.4, 0.5) is 5.69 Å². The maximum absolute atomic E-state index is 12.1.